The van der Waals surface area contributed by atoms with Crippen LogP contribution in [0.3, 0.4) is 0 Å². The van der Waals surface area contributed by atoms with Crippen LogP contribution < -0.4 is 5.32 Å². The van der Waals surface area contributed by atoms with Crippen LogP contribution in [0, 0.1) is 0 Å². The number of imide groups is 1. The van der Waals surface area contributed by atoms with Gasteiger partial charge in [-0.25, -0.2) is 0 Å². The summed E-state index contributed by atoms with van der Waals surface area (Å²) in [6, 6.07) is 4.95. The van der Waals surface area contributed by atoms with Gasteiger partial charge in [0.15, 0.2) is 0 Å². The Labute approximate surface area is 110 Å². The summed E-state index contributed by atoms with van der Waals surface area (Å²) in [4.78, 5) is 37.0. The Morgan fingerprint density at radius 2 is 1.95 bits per heavy atom. The van der Waals surface area contributed by atoms with Gasteiger partial charge in [-0.15, -0.1) is 0 Å². The molecule has 2 aliphatic rings. The zero-order chi connectivity index (χ0) is 13.6. The number of hydrogen-bond donors (Lipinski definition) is 1. The lowest BCUT2D eigenvalue weighted by Gasteiger charge is -2.08. The number of benzene rings is 1. The van der Waals surface area contributed by atoms with E-state index in [1.165, 1.54) is 11.0 Å². The predicted molar refractivity (Wildman–Crippen MR) is 68.0 cm³/mol. The first-order chi connectivity index (χ1) is 9.11. The molecule has 3 rings (SSSR count). The number of nitrogens with one attached hydrogen (secondary N) is 1. The molecular formula is C14H14N2O3. The molecule has 1 fully saturated rings. The van der Waals surface area contributed by atoms with E-state index in [0.717, 1.165) is 12.8 Å². The minimum Gasteiger partial charge on any atom is -0.349 e. The van der Waals surface area contributed by atoms with Crippen LogP contribution in [0.4, 0.5) is 0 Å². The van der Waals surface area contributed by atoms with Gasteiger partial charge in [-0.3, -0.25) is 19.3 Å². The molecule has 1 saturated carbocycles. The third-order valence-electron chi connectivity index (χ3n) is 3.46. The SMILES string of the molecule is CCN1C(=O)c2ccc(C(=O)NC3CC3)cc2C1=O. The highest BCUT2D eigenvalue weighted by Crippen LogP contribution is 2.24. The zero-order valence-electron chi connectivity index (χ0n) is 10.6. The highest BCUT2D eigenvalue weighted by molar-refractivity contribution is 6.22. The lowest BCUT2D eigenvalue weighted by atomic mass is 10.1. The maximum atomic E-state index is 12.0. The van der Waals surface area contributed by atoms with E-state index >= 15 is 0 Å². The van der Waals surface area contributed by atoms with Crippen LogP contribution in [0.2, 0.25) is 0 Å². The quantitative estimate of drug-likeness (QED) is 0.828. The largest absolute Gasteiger partial charge is 0.349 e. The smallest absolute Gasteiger partial charge is 0.261 e. The Bertz CT molecular complexity index is 590. The van der Waals surface area contributed by atoms with Crippen molar-refractivity contribution in [3.05, 3.63) is 34.9 Å². The fourth-order valence-corrected chi connectivity index (χ4v) is 2.22. The molecule has 1 aliphatic carbocycles. The van der Waals surface area contributed by atoms with Crippen molar-refractivity contribution in [3.63, 3.8) is 0 Å². The van der Waals surface area contributed by atoms with Crippen LogP contribution >= 0.6 is 0 Å². The molecule has 0 radical (unpaired) electrons. The van der Waals surface area contributed by atoms with Crippen LogP contribution in [0.25, 0.3) is 0 Å². The molecule has 19 heavy (non-hydrogen) atoms. The summed E-state index contributed by atoms with van der Waals surface area (Å²) in [5.41, 5.74) is 1.15. The maximum absolute atomic E-state index is 12.0. The van der Waals surface area contributed by atoms with Crippen LogP contribution in [0.15, 0.2) is 18.2 Å². The molecule has 0 unspecified atom stereocenters. The number of hydrogen-bond acceptors (Lipinski definition) is 3. The molecule has 0 aromatic heterocycles. The molecule has 3 amide bonds. The van der Waals surface area contributed by atoms with Crippen molar-refractivity contribution in [1.82, 2.24) is 10.2 Å². The predicted octanol–water partition coefficient (Wildman–Crippen LogP) is 1.19. The van der Waals surface area contributed by atoms with Crippen LogP contribution in [0.5, 0.6) is 0 Å². The van der Waals surface area contributed by atoms with Gasteiger partial charge in [0.2, 0.25) is 0 Å². The van der Waals surface area contributed by atoms with Gasteiger partial charge < -0.3 is 5.32 Å². The van der Waals surface area contributed by atoms with Crippen molar-refractivity contribution >= 4 is 17.7 Å². The number of carbonyl (C=O) groups is 3. The Balaban J connectivity index is 1.92. The highest BCUT2D eigenvalue weighted by atomic mass is 16.2. The summed E-state index contributed by atoms with van der Waals surface area (Å²) >= 11 is 0. The summed E-state index contributed by atoms with van der Waals surface area (Å²) < 4.78 is 0. The van der Waals surface area contributed by atoms with Gasteiger partial charge >= 0.3 is 0 Å². The average Bonchev–Trinajstić information content (AvgIpc) is 3.18. The van der Waals surface area contributed by atoms with E-state index in [1.807, 2.05) is 0 Å². The lowest BCUT2D eigenvalue weighted by molar-refractivity contribution is 0.0662. The van der Waals surface area contributed by atoms with Crippen molar-refractivity contribution in [2.24, 2.45) is 0 Å². The molecule has 1 aliphatic heterocycles. The number of rotatable bonds is 3. The van der Waals surface area contributed by atoms with Crippen LogP contribution in [-0.4, -0.2) is 35.2 Å². The van der Waals surface area contributed by atoms with Gasteiger partial charge in [0.25, 0.3) is 17.7 Å². The van der Waals surface area contributed by atoms with E-state index in [9.17, 15) is 14.4 Å². The minimum atomic E-state index is -0.316. The fraction of sp³-hybridized carbons (Fsp3) is 0.357. The van der Waals surface area contributed by atoms with Crippen LogP contribution in [-0.2, 0) is 0 Å². The van der Waals surface area contributed by atoms with E-state index in [-0.39, 0.29) is 23.8 Å². The van der Waals surface area contributed by atoms with Crippen molar-refractivity contribution in [2.45, 2.75) is 25.8 Å². The summed E-state index contributed by atoms with van der Waals surface area (Å²) in [5.74, 6) is -0.777. The number of amides is 3. The highest BCUT2D eigenvalue weighted by Gasteiger charge is 2.35. The standard InChI is InChI=1S/C14H14N2O3/c1-2-16-13(18)10-6-3-8(7-11(10)14(16)19)12(17)15-9-4-5-9/h3,6-7,9H,2,4-5H2,1H3,(H,15,17). The summed E-state index contributed by atoms with van der Waals surface area (Å²) in [6.07, 6.45) is 2.02. The van der Waals surface area contributed by atoms with Gasteiger partial charge in [0, 0.05) is 18.2 Å². The minimum absolute atomic E-state index is 0.180. The van der Waals surface area contributed by atoms with Gasteiger partial charge in [-0.05, 0) is 38.0 Å². The lowest BCUT2D eigenvalue weighted by Crippen LogP contribution is -2.29. The first kappa shape index (κ1) is 11.9. The molecule has 98 valence electrons. The second-order valence-corrected chi connectivity index (χ2v) is 4.86. The molecule has 1 heterocycles. The van der Waals surface area contributed by atoms with Crippen molar-refractivity contribution in [3.8, 4) is 0 Å². The molecule has 0 spiro atoms. The van der Waals surface area contributed by atoms with E-state index in [4.69, 9.17) is 0 Å². The van der Waals surface area contributed by atoms with E-state index in [1.54, 1.807) is 19.1 Å². The molecule has 1 N–H and O–H groups in total. The summed E-state index contributed by atoms with van der Waals surface area (Å²) in [6.45, 7) is 2.10. The van der Waals surface area contributed by atoms with Gasteiger partial charge in [0.1, 0.15) is 0 Å². The van der Waals surface area contributed by atoms with Crippen molar-refractivity contribution in [2.75, 3.05) is 6.54 Å². The average molecular weight is 258 g/mol. The zero-order valence-corrected chi connectivity index (χ0v) is 10.6. The Morgan fingerprint density at radius 3 is 2.58 bits per heavy atom. The number of nitrogens with zero attached hydrogens (tertiary/aromatic N) is 1. The Kier molecular flexibility index (Phi) is 2.62. The first-order valence-electron chi connectivity index (χ1n) is 6.43. The van der Waals surface area contributed by atoms with Gasteiger partial charge in [-0.1, -0.05) is 0 Å². The normalized spacial score (nSPS) is 17.6. The van der Waals surface area contributed by atoms with Crippen molar-refractivity contribution < 1.29 is 14.4 Å². The summed E-state index contributed by atoms with van der Waals surface area (Å²) in [5, 5.41) is 2.86. The topological polar surface area (TPSA) is 66.5 Å². The molecule has 1 aromatic carbocycles. The molecule has 5 nitrogen and oxygen atoms in total. The maximum Gasteiger partial charge on any atom is 0.261 e. The molecule has 0 saturated heterocycles. The molecule has 5 heteroatoms. The monoisotopic (exact) mass is 258 g/mol. The molecule has 0 bridgehead atoms. The molecule has 1 aromatic rings. The fourth-order valence-electron chi connectivity index (χ4n) is 2.22. The van der Waals surface area contributed by atoms with E-state index in [2.05, 4.69) is 5.32 Å². The third-order valence-corrected chi connectivity index (χ3v) is 3.46. The Morgan fingerprint density at radius 1 is 1.26 bits per heavy atom. The molecular weight excluding hydrogens is 244 g/mol. The second kappa shape index (κ2) is 4.19. The van der Waals surface area contributed by atoms with Crippen molar-refractivity contribution in [1.29, 1.82) is 0 Å². The second-order valence-electron chi connectivity index (χ2n) is 4.86. The van der Waals surface area contributed by atoms with Gasteiger partial charge in [0.05, 0.1) is 11.1 Å². The Hall–Kier alpha value is -2.17. The molecule has 0 atom stereocenters. The van der Waals surface area contributed by atoms with Gasteiger partial charge in [-0.2, -0.15) is 0 Å². The third kappa shape index (κ3) is 1.91. The van der Waals surface area contributed by atoms with Crippen LogP contribution in [0.1, 0.15) is 50.8 Å². The first-order valence-corrected chi connectivity index (χ1v) is 6.43. The summed E-state index contributed by atoms with van der Waals surface area (Å²) in [7, 11) is 0. The van der Waals surface area contributed by atoms with E-state index < -0.39 is 0 Å². The van der Waals surface area contributed by atoms with E-state index in [0.29, 0.717) is 23.2 Å². The number of fused-ring (bicyclic) bond motifs is 1. The number of carbonyl (C=O) groups excluding carboxylic acids is 3.